The molecule has 0 radical (unpaired) electrons. The number of aromatic amines is 1. The first-order valence-electron chi connectivity index (χ1n) is 9.05. The summed E-state index contributed by atoms with van der Waals surface area (Å²) >= 11 is 0. The molecule has 0 atom stereocenters. The van der Waals surface area contributed by atoms with Crippen LogP contribution < -0.4 is 10.9 Å². The number of anilines is 1. The first-order valence-corrected chi connectivity index (χ1v) is 9.05. The molecule has 0 saturated carbocycles. The smallest absolute Gasteiger partial charge is 0.417 e. The minimum Gasteiger partial charge on any atom is -0.460 e. The summed E-state index contributed by atoms with van der Waals surface area (Å²) in [6.07, 6.45) is -2.72. The van der Waals surface area contributed by atoms with Crippen molar-refractivity contribution in [1.82, 2.24) is 14.8 Å². The Hall–Kier alpha value is -4.08. The zero-order chi connectivity index (χ0) is 22.2. The number of alkyl halides is 3. The van der Waals surface area contributed by atoms with Crippen LogP contribution in [0.4, 0.5) is 18.9 Å². The average molecular weight is 428 g/mol. The van der Waals surface area contributed by atoms with Crippen molar-refractivity contribution in [3.8, 4) is 17.1 Å². The third-order valence-electron chi connectivity index (χ3n) is 4.43. The van der Waals surface area contributed by atoms with E-state index in [1.165, 1.54) is 10.9 Å². The van der Waals surface area contributed by atoms with E-state index in [4.69, 9.17) is 4.42 Å². The summed E-state index contributed by atoms with van der Waals surface area (Å²) in [6, 6.07) is 12.8. The SMILES string of the molecule is Cc1ccc(-c2nn(-c3ccccc3)cc2C(=O)Nc2cc(C(F)(F)F)c[nH]c2=O)o1. The molecule has 0 aliphatic carbocycles. The highest BCUT2D eigenvalue weighted by molar-refractivity contribution is 6.07. The fourth-order valence-electron chi connectivity index (χ4n) is 2.93. The number of H-pyrrole nitrogens is 1. The van der Waals surface area contributed by atoms with Crippen molar-refractivity contribution in [2.75, 3.05) is 5.32 Å². The largest absolute Gasteiger partial charge is 0.460 e. The maximum absolute atomic E-state index is 13.0. The number of nitrogens with zero attached hydrogens (tertiary/aromatic N) is 2. The van der Waals surface area contributed by atoms with Crippen LogP contribution in [-0.2, 0) is 6.18 Å². The third kappa shape index (κ3) is 4.13. The van der Waals surface area contributed by atoms with Gasteiger partial charge in [0, 0.05) is 12.4 Å². The van der Waals surface area contributed by atoms with Gasteiger partial charge in [-0.1, -0.05) is 18.2 Å². The van der Waals surface area contributed by atoms with Gasteiger partial charge < -0.3 is 14.7 Å². The Labute approximate surface area is 173 Å². The first-order chi connectivity index (χ1) is 14.7. The van der Waals surface area contributed by atoms with Crippen molar-refractivity contribution in [1.29, 1.82) is 0 Å². The summed E-state index contributed by atoms with van der Waals surface area (Å²) in [4.78, 5) is 26.9. The lowest BCUT2D eigenvalue weighted by Gasteiger charge is -2.09. The molecule has 3 aromatic heterocycles. The highest BCUT2D eigenvalue weighted by Crippen LogP contribution is 2.30. The lowest BCUT2D eigenvalue weighted by atomic mass is 10.2. The molecular formula is C21H15F3N4O3. The van der Waals surface area contributed by atoms with Crippen LogP contribution >= 0.6 is 0 Å². The van der Waals surface area contributed by atoms with Crippen LogP contribution in [0.25, 0.3) is 17.1 Å². The van der Waals surface area contributed by atoms with E-state index >= 15 is 0 Å². The summed E-state index contributed by atoms with van der Waals surface area (Å²) in [5.41, 5.74) is -1.64. The van der Waals surface area contributed by atoms with Crippen LogP contribution in [0.3, 0.4) is 0 Å². The Balaban J connectivity index is 1.76. The predicted molar refractivity (Wildman–Crippen MR) is 106 cm³/mol. The van der Waals surface area contributed by atoms with Crippen molar-refractivity contribution in [2.24, 2.45) is 0 Å². The highest BCUT2D eigenvalue weighted by atomic mass is 19.4. The maximum atomic E-state index is 13.0. The standard InChI is InChI=1S/C21H15F3N4O3/c1-12-7-8-17(31-12)18-15(11-28(27-18)14-5-3-2-4-6-14)19(29)26-16-9-13(21(22,23)24)10-25-20(16)30/h2-11H,1H3,(H,25,30)(H,26,29). The summed E-state index contributed by atoms with van der Waals surface area (Å²) in [5, 5.41) is 6.65. The Kier molecular flexibility index (Phi) is 4.97. The summed E-state index contributed by atoms with van der Waals surface area (Å²) < 4.78 is 46.0. The van der Waals surface area contributed by atoms with Crippen molar-refractivity contribution in [2.45, 2.75) is 13.1 Å². The molecule has 0 fully saturated rings. The summed E-state index contributed by atoms with van der Waals surface area (Å²) in [6.45, 7) is 1.72. The van der Waals surface area contributed by atoms with Crippen LogP contribution in [0, 0.1) is 6.92 Å². The number of nitrogens with one attached hydrogen (secondary N) is 2. The van der Waals surface area contributed by atoms with E-state index in [1.54, 1.807) is 43.3 Å². The molecule has 0 aliphatic rings. The van der Waals surface area contributed by atoms with Gasteiger partial charge in [0.1, 0.15) is 17.1 Å². The summed E-state index contributed by atoms with van der Waals surface area (Å²) in [5.74, 6) is 0.0799. The molecule has 0 bridgehead atoms. The molecule has 10 heteroatoms. The maximum Gasteiger partial charge on any atom is 0.417 e. The monoisotopic (exact) mass is 428 g/mol. The molecule has 4 aromatic rings. The molecule has 0 saturated heterocycles. The van der Waals surface area contributed by atoms with Gasteiger partial charge in [-0.3, -0.25) is 9.59 Å². The molecule has 1 aromatic carbocycles. The number of halogens is 3. The molecular weight excluding hydrogens is 413 g/mol. The van der Waals surface area contributed by atoms with E-state index in [1.807, 2.05) is 11.1 Å². The fraction of sp³-hybridized carbons (Fsp3) is 0.0952. The van der Waals surface area contributed by atoms with E-state index in [0.29, 0.717) is 29.5 Å². The number of carbonyl (C=O) groups excluding carboxylic acids is 1. The normalized spacial score (nSPS) is 11.5. The zero-order valence-electron chi connectivity index (χ0n) is 16.0. The van der Waals surface area contributed by atoms with Crippen LogP contribution in [-0.4, -0.2) is 20.7 Å². The topological polar surface area (TPSA) is 92.9 Å². The molecule has 3 heterocycles. The second-order valence-corrected chi connectivity index (χ2v) is 6.66. The number of aromatic nitrogens is 3. The predicted octanol–water partition coefficient (Wildman–Crippen LogP) is 4.40. The number of amides is 1. The van der Waals surface area contributed by atoms with Gasteiger partial charge in [-0.2, -0.15) is 18.3 Å². The Bertz CT molecular complexity index is 1300. The lowest BCUT2D eigenvalue weighted by molar-refractivity contribution is -0.137. The number of furan rings is 1. The Morgan fingerprint density at radius 3 is 2.55 bits per heavy atom. The van der Waals surface area contributed by atoms with Crippen LogP contribution in [0.15, 0.2) is 70.1 Å². The van der Waals surface area contributed by atoms with Gasteiger partial charge in [-0.05, 0) is 37.3 Å². The Morgan fingerprint density at radius 1 is 1.16 bits per heavy atom. The fourth-order valence-corrected chi connectivity index (χ4v) is 2.93. The molecule has 4 rings (SSSR count). The highest BCUT2D eigenvalue weighted by Gasteiger charge is 2.32. The second kappa shape index (κ2) is 7.63. The van der Waals surface area contributed by atoms with Crippen molar-refractivity contribution >= 4 is 11.6 Å². The number of pyridine rings is 1. The zero-order valence-corrected chi connectivity index (χ0v) is 16.0. The number of hydrogen-bond acceptors (Lipinski definition) is 4. The molecule has 2 N–H and O–H groups in total. The van der Waals surface area contributed by atoms with Crippen LogP contribution in [0.1, 0.15) is 21.7 Å². The molecule has 31 heavy (non-hydrogen) atoms. The summed E-state index contributed by atoms with van der Waals surface area (Å²) in [7, 11) is 0. The number of para-hydroxylation sites is 1. The molecule has 158 valence electrons. The molecule has 1 amide bonds. The van der Waals surface area contributed by atoms with E-state index in [9.17, 15) is 22.8 Å². The lowest BCUT2D eigenvalue weighted by Crippen LogP contribution is -2.21. The van der Waals surface area contributed by atoms with Gasteiger partial charge in [-0.25, -0.2) is 4.68 Å². The van der Waals surface area contributed by atoms with Gasteiger partial charge in [0.25, 0.3) is 11.5 Å². The number of aryl methyl sites for hydroxylation is 1. The van der Waals surface area contributed by atoms with E-state index in [-0.39, 0.29) is 11.3 Å². The second-order valence-electron chi connectivity index (χ2n) is 6.66. The van der Waals surface area contributed by atoms with E-state index < -0.39 is 28.9 Å². The van der Waals surface area contributed by atoms with Crippen LogP contribution in [0.5, 0.6) is 0 Å². The molecule has 7 nitrogen and oxygen atoms in total. The van der Waals surface area contributed by atoms with Gasteiger partial charge >= 0.3 is 6.18 Å². The number of rotatable bonds is 4. The molecule has 0 aliphatic heterocycles. The minimum absolute atomic E-state index is 0.0232. The van der Waals surface area contributed by atoms with Gasteiger partial charge in [0.05, 0.1) is 16.8 Å². The van der Waals surface area contributed by atoms with Crippen LogP contribution in [0.2, 0.25) is 0 Å². The van der Waals surface area contributed by atoms with Crippen molar-refractivity contribution in [3.05, 3.63) is 88.2 Å². The number of carbonyl (C=O) groups is 1. The van der Waals surface area contributed by atoms with Gasteiger partial charge in [-0.15, -0.1) is 0 Å². The molecule has 0 unspecified atom stereocenters. The van der Waals surface area contributed by atoms with E-state index in [0.717, 1.165) is 0 Å². The van der Waals surface area contributed by atoms with Gasteiger partial charge in [0.15, 0.2) is 5.76 Å². The quantitative estimate of drug-likeness (QED) is 0.504. The van der Waals surface area contributed by atoms with Crippen molar-refractivity contribution < 1.29 is 22.4 Å². The first kappa shape index (κ1) is 20.2. The van der Waals surface area contributed by atoms with Crippen molar-refractivity contribution in [3.63, 3.8) is 0 Å². The third-order valence-corrected chi connectivity index (χ3v) is 4.43. The molecule has 0 spiro atoms. The Morgan fingerprint density at radius 2 is 1.90 bits per heavy atom. The van der Waals surface area contributed by atoms with E-state index in [2.05, 4.69) is 10.4 Å². The minimum atomic E-state index is -4.68. The average Bonchev–Trinajstić information content (AvgIpc) is 3.36. The number of hydrogen-bond donors (Lipinski definition) is 2. The van der Waals surface area contributed by atoms with Gasteiger partial charge in [0.2, 0.25) is 0 Å². The number of benzene rings is 1.